The van der Waals surface area contributed by atoms with Crippen molar-refractivity contribution in [3.05, 3.63) is 57.5 Å². The van der Waals surface area contributed by atoms with Crippen LogP contribution in [0.1, 0.15) is 10.4 Å². The summed E-state index contributed by atoms with van der Waals surface area (Å²) < 4.78 is 34.9. The van der Waals surface area contributed by atoms with Gasteiger partial charge in [0.15, 0.2) is 5.75 Å². The van der Waals surface area contributed by atoms with E-state index in [4.69, 9.17) is 15.8 Å². The molecule has 0 aromatic heterocycles. The van der Waals surface area contributed by atoms with Gasteiger partial charge in [-0.05, 0) is 30.3 Å². The molecule has 22 heavy (non-hydrogen) atoms. The zero-order chi connectivity index (χ0) is 16.3. The molecule has 0 aliphatic carbocycles. The number of ether oxygens (including phenoxy) is 1. The Kier molecular flexibility index (Phi) is 5.10. The predicted octanol–water partition coefficient (Wildman–Crippen LogP) is 3.66. The minimum atomic E-state index is -4.19. The number of benzene rings is 2. The minimum absolute atomic E-state index is 0.00168. The van der Waals surface area contributed by atoms with Crippen LogP contribution < -0.4 is 4.18 Å². The lowest BCUT2D eigenvalue weighted by molar-refractivity contribution is 0.0599. The molecule has 0 N–H and O–H groups in total. The topological polar surface area (TPSA) is 69.7 Å². The molecule has 8 heteroatoms. The van der Waals surface area contributed by atoms with Crippen LogP contribution in [-0.2, 0) is 14.9 Å². The van der Waals surface area contributed by atoms with Crippen LogP contribution in [0.2, 0.25) is 5.02 Å². The molecule has 0 radical (unpaired) electrons. The number of rotatable bonds is 4. The van der Waals surface area contributed by atoms with Gasteiger partial charge in [0.2, 0.25) is 0 Å². The molecule has 0 atom stereocenters. The molecule has 0 aliphatic heterocycles. The van der Waals surface area contributed by atoms with Crippen LogP contribution >= 0.6 is 27.5 Å². The van der Waals surface area contributed by atoms with Crippen molar-refractivity contribution < 1.29 is 22.1 Å². The molecule has 0 fully saturated rings. The van der Waals surface area contributed by atoms with Crippen molar-refractivity contribution in [2.75, 3.05) is 7.11 Å². The fourth-order valence-corrected chi connectivity index (χ4v) is 3.62. The summed E-state index contributed by atoms with van der Waals surface area (Å²) >= 11 is 9.12. The maximum absolute atomic E-state index is 12.3. The van der Waals surface area contributed by atoms with E-state index in [0.29, 0.717) is 4.47 Å². The summed E-state index contributed by atoms with van der Waals surface area (Å²) in [6.07, 6.45) is 0. The summed E-state index contributed by atoms with van der Waals surface area (Å²) in [6.45, 7) is 0. The second-order valence-electron chi connectivity index (χ2n) is 4.10. The van der Waals surface area contributed by atoms with Crippen molar-refractivity contribution in [2.45, 2.75) is 4.90 Å². The molecule has 0 unspecified atom stereocenters. The molecule has 2 aromatic rings. The first-order valence-electron chi connectivity index (χ1n) is 5.92. The highest BCUT2D eigenvalue weighted by atomic mass is 79.9. The Balaban J connectivity index is 2.44. The Morgan fingerprint density at radius 1 is 1.18 bits per heavy atom. The maximum Gasteiger partial charge on any atom is 0.341 e. The van der Waals surface area contributed by atoms with Crippen molar-refractivity contribution >= 4 is 43.6 Å². The molecule has 5 nitrogen and oxygen atoms in total. The molecule has 0 aliphatic rings. The van der Waals surface area contributed by atoms with Crippen LogP contribution in [0.3, 0.4) is 0 Å². The minimum Gasteiger partial charge on any atom is -0.465 e. The van der Waals surface area contributed by atoms with E-state index >= 15 is 0 Å². The zero-order valence-corrected chi connectivity index (χ0v) is 14.4. The van der Waals surface area contributed by atoms with Gasteiger partial charge in [0.25, 0.3) is 0 Å². The average Bonchev–Trinajstić information content (AvgIpc) is 2.46. The van der Waals surface area contributed by atoms with E-state index in [2.05, 4.69) is 20.7 Å². The van der Waals surface area contributed by atoms with E-state index in [-0.39, 0.29) is 21.2 Å². The van der Waals surface area contributed by atoms with Gasteiger partial charge in [-0.3, -0.25) is 0 Å². The average molecular weight is 406 g/mol. The Labute approximate surface area is 141 Å². The summed E-state index contributed by atoms with van der Waals surface area (Å²) in [5.74, 6) is -0.832. The number of methoxy groups -OCH3 is 1. The number of para-hydroxylation sites is 1. The van der Waals surface area contributed by atoms with Crippen molar-refractivity contribution in [1.82, 2.24) is 0 Å². The highest BCUT2D eigenvalue weighted by molar-refractivity contribution is 9.10. The fraction of sp³-hybridized carbons (Fsp3) is 0.0714. The standard InChI is InChI=1S/C14H10BrClO5S/c1-20-14(17)10-4-2-3-5-12(10)21-22(18,19)13-7-6-9(15)8-11(13)16/h2-8H,1H3. The maximum atomic E-state index is 12.3. The molecule has 116 valence electrons. The smallest absolute Gasteiger partial charge is 0.341 e. The number of hydrogen-bond donors (Lipinski definition) is 0. The van der Waals surface area contributed by atoms with Gasteiger partial charge in [-0.25, -0.2) is 4.79 Å². The monoisotopic (exact) mass is 404 g/mol. The van der Waals surface area contributed by atoms with E-state index in [1.54, 1.807) is 12.1 Å². The SMILES string of the molecule is COC(=O)c1ccccc1OS(=O)(=O)c1ccc(Br)cc1Cl. The van der Waals surface area contributed by atoms with Crippen LogP contribution in [0.25, 0.3) is 0 Å². The first kappa shape index (κ1) is 16.8. The fourth-order valence-electron chi connectivity index (χ4n) is 1.66. The Morgan fingerprint density at radius 3 is 2.50 bits per heavy atom. The van der Waals surface area contributed by atoms with E-state index < -0.39 is 16.1 Å². The highest BCUT2D eigenvalue weighted by Crippen LogP contribution is 2.29. The first-order valence-corrected chi connectivity index (χ1v) is 8.50. The van der Waals surface area contributed by atoms with Gasteiger partial charge in [-0.2, -0.15) is 8.42 Å². The number of carbonyl (C=O) groups excluding carboxylic acids is 1. The lowest BCUT2D eigenvalue weighted by Crippen LogP contribution is -2.13. The molecule has 0 saturated heterocycles. The summed E-state index contributed by atoms with van der Waals surface area (Å²) in [5, 5.41) is 0.00456. The molecular formula is C14H10BrClO5S. The number of hydrogen-bond acceptors (Lipinski definition) is 5. The van der Waals surface area contributed by atoms with Crippen LogP contribution in [0, 0.1) is 0 Å². The summed E-state index contributed by atoms with van der Waals surface area (Å²) in [4.78, 5) is 11.4. The summed E-state index contributed by atoms with van der Waals surface area (Å²) in [5.41, 5.74) is 0.00168. The Hall–Kier alpha value is -1.57. The van der Waals surface area contributed by atoms with Crippen molar-refractivity contribution in [3.8, 4) is 5.75 Å². The van der Waals surface area contributed by atoms with Gasteiger partial charge in [-0.15, -0.1) is 0 Å². The van der Waals surface area contributed by atoms with Gasteiger partial charge in [-0.1, -0.05) is 39.7 Å². The molecule has 0 amide bonds. The van der Waals surface area contributed by atoms with Gasteiger partial charge in [0.05, 0.1) is 12.1 Å². The number of esters is 1. The number of halogens is 2. The lowest BCUT2D eigenvalue weighted by atomic mass is 10.2. The van der Waals surface area contributed by atoms with E-state index in [9.17, 15) is 13.2 Å². The van der Waals surface area contributed by atoms with Gasteiger partial charge in [0, 0.05) is 4.47 Å². The molecule has 0 spiro atoms. The molecule has 2 rings (SSSR count). The molecule has 0 bridgehead atoms. The van der Waals surface area contributed by atoms with Crippen LogP contribution in [-0.4, -0.2) is 21.5 Å². The highest BCUT2D eigenvalue weighted by Gasteiger charge is 2.23. The normalized spacial score (nSPS) is 11.0. The van der Waals surface area contributed by atoms with Crippen LogP contribution in [0.15, 0.2) is 51.8 Å². The largest absolute Gasteiger partial charge is 0.465 e. The van der Waals surface area contributed by atoms with Gasteiger partial charge in [0.1, 0.15) is 10.5 Å². The number of carbonyl (C=O) groups is 1. The predicted molar refractivity (Wildman–Crippen MR) is 84.7 cm³/mol. The van der Waals surface area contributed by atoms with Crippen molar-refractivity contribution in [3.63, 3.8) is 0 Å². The molecule has 0 saturated carbocycles. The van der Waals surface area contributed by atoms with Crippen LogP contribution in [0.4, 0.5) is 0 Å². The molecule has 2 aromatic carbocycles. The third kappa shape index (κ3) is 3.60. The zero-order valence-electron chi connectivity index (χ0n) is 11.2. The third-order valence-corrected chi connectivity index (χ3v) is 4.87. The van der Waals surface area contributed by atoms with Crippen molar-refractivity contribution in [1.29, 1.82) is 0 Å². The van der Waals surface area contributed by atoms with Gasteiger partial charge < -0.3 is 8.92 Å². The second-order valence-corrected chi connectivity index (χ2v) is 6.94. The molecule has 0 heterocycles. The Morgan fingerprint density at radius 2 is 1.86 bits per heavy atom. The first-order chi connectivity index (χ1) is 10.3. The second kappa shape index (κ2) is 6.68. The van der Waals surface area contributed by atoms with E-state index in [1.165, 1.54) is 37.4 Å². The lowest BCUT2D eigenvalue weighted by Gasteiger charge is -2.11. The molecular weight excluding hydrogens is 396 g/mol. The van der Waals surface area contributed by atoms with E-state index in [1.807, 2.05) is 0 Å². The van der Waals surface area contributed by atoms with Crippen LogP contribution in [0.5, 0.6) is 5.75 Å². The van der Waals surface area contributed by atoms with E-state index in [0.717, 1.165) is 0 Å². The Bertz CT molecular complexity index is 820. The quantitative estimate of drug-likeness (QED) is 0.573. The third-order valence-electron chi connectivity index (χ3n) is 2.66. The summed E-state index contributed by atoms with van der Waals surface area (Å²) in [6, 6.07) is 10.1. The van der Waals surface area contributed by atoms with Gasteiger partial charge >= 0.3 is 16.1 Å². The summed E-state index contributed by atoms with van der Waals surface area (Å²) in [7, 11) is -2.99. The van der Waals surface area contributed by atoms with Crippen molar-refractivity contribution in [2.24, 2.45) is 0 Å².